The third kappa shape index (κ3) is 4.24. The summed E-state index contributed by atoms with van der Waals surface area (Å²) in [5.41, 5.74) is 0.490. The maximum absolute atomic E-state index is 12.9. The first-order valence-corrected chi connectivity index (χ1v) is 12.2. The zero-order chi connectivity index (χ0) is 22.3. The van der Waals surface area contributed by atoms with Gasteiger partial charge in [0.25, 0.3) is 0 Å². The highest BCUT2D eigenvalue weighted by atomic mass is 32.2. The number of rotatable bonds is 7. The van der Waals surface area contributed by atoms with Crippen LogP contribution in [0.2, 0.25) is 0 Å². The molecule has 10 heteroatoms. The standard InChI is InChI=1S/C22H24N4O5S/c1-14(27)15-4-6-19(7-5-15)32(28,29)26-10-8-17(9-11-26)22-24-20(25-31-22)12-18-13-23-21(30-18)16-2-3-16/h4-7,13,16-17H,2-3,8-12H2,1H3. The molecule has 1 aliphatic heterocycles. The fourth-order valence-electron chi connectivity index (χ4n) is 3.94. The number of Topliss-reactive ketones (excluding diaryl/α,β-unsaturated/α-hetero) is 1. The van der Waals surface area contributed by atoms with E-state index in [0.29, 0.717) is 55.5 Å². The first kappa shape index (κ1) is 21.0. The van der Waals surface area contributed by atoms with Gasteiger partial charge in [0.05, 0.1) is 17.5 Å². The SMILES string of the molecule is CC(=O)c1ccc(S(=O)(=O)N2CCC(c3nc(Cc4cnc(C5CC5)o4)no3)CC2)cc1. The van der Waals surface area contributed by atoms with Crippen molar-refractivity contribution in [2.45, 2.75) is 55.8 Å². The average Bonchev–Trinajstić information content (AvgIpc) is 3.37. The number of carbonyl (C=O) groups is 1. The van der Waals surface area contributed by atoms with E-state index in [9.17, 15) is 13.2 Å². The van der Waals surface area contributed by atoms with Crippen LogP contribution in [-0.2, 0) is 16.4 Å². The zero-order valence-electron chi connectivity index (χ0n) is 17.7. The van der Waals surface area contributed by atoms with Gasteiger partial charge >= 0.3 is 0 Å². The number of piperidine rings is 1. The summed E-state index contributed by atoms with van der Waals surface area (Å²) in [4.78, 5) is 20.4. The molecule has 168 valence electrons. The van der Waals surface area contributed by atoms with Crippen molar-refractivity contribution in [2.75, 3.05) is 13.1 Å². The second-order valence-electron chi connectivity index (χ2n) is 8.42. The first-order valence-electron chi connectivity index (χ1n) is 10.8. The Kier molecular flexibility index (Phi) is 5.42. The molecule has 1 saturated carbocycles. The van der Waals surface area contributed by atoms with Crippen molar-refractivity contribution in [2.24, 2.45) is 0 Å². The van der Waals surface area contributed by atoms with E-state index >= 15 is 0 Å². The van der Waals surface area contributed by atoms with Crippen LogP contribution >= 0.6 is 0 Å². The van der Waals surface area contributed by atoms with Crippen molar-refractivity contribution in [3.8, 4) is 0 Å². The van der Waals surface area contributed by atoms with Crippen molar-refractivity contribution < 1.29 is 22.2 Å². The molecule has 0 atom stereocenters. The summed E-state index contributed by atoms with van der Waals surface area (Å²) < 4.78 is 38.6. The molecule has 1 aromatic carbocycles. The average molecular weight is 457 g/mol. The fourth-order valence-corrected chi connectivity index (χ4v) is 5.41. The molecule has 2 aliphatic rings. The van der Waals surface area contributed by atoms with Crippen molar-refractivity contribution >= 4 is 15.8 Å². The number of oxazole rings is 1. The second kappa shape index (κ2) is 8.25. The van der Waals surface area contributed by atoms with Gasteiger partial charge in [0.1, 0.15) is 5.76 Å². The van der Waals surface area contributed by atoms with E-state index < -0.39 is 10.0 Å². The summed E-state index contributed by atoms with van der Waals surface area (Å²) >= 11 is 0. The van der Waals surface area contributed by atoms with Gasteiger partial charge in [-0.1, -0.05) is 17.3 Å². The molecule has 3 aromatic rings. The predicted molar refractivity (Wildman–Crippen MR) is 113 cm³/mol. The van der Waals surface area contributed by atoms with Crippen LogP contribution in [0.25, 0.3) is 0 Å². The smallest absolute Gasteiger partial charge is 0.243 e. The summed E-state index contributed by atoms with van der Waals surface area (Å²) in [5, 5.41) is 4.06. The van der Waals surface area contributed by atoms with E-state index in [-0.39, 0.29) is 16.6 Å². The number of aromatic nitrogens is 3. The lowest BCUT2D eigenvalue weighted by molar-refractivity contribution is 0.101. The highest BCUT2D eigenvalue weighted by molar-refractivity contribution is 7.89. The first-order chi connectivity index (χ1) is 15.4. The highest BCUT2D eigenvalue weighted by Gasteiger charge is 2.32. The lowest BCUT2D eigenvalue weighted by atomic mass is 9.98. The highest BCUT2D eigenvalue weighted by Crippen LogP contribution is 2.39. The molecule has 1 saturated heterocycles. The maximum Gasteiger partial charge on any atom is 0.243 e. The molecule has 0 N–H and O–H groups in total. The Bertz CT molecular complexity index is 1220. The molecule has 0 amide bonds. The van der Waals surface area contributed by atoms with Crippen molar-refractivity contribution in [3.63, 3.8) is 0 Å². The third-order valence-electron chi connectivity index (χ3n) is 6.02. The van der Waals surface area contributed by atoms with Crippen LogP contribution in [0.4, 0.5) is 0 Å². The van der Waals surface area contributed by atoms with Gasteiger partial charge in [0, 0.05) is 30.5 Å². The van der Waals surface area contributed by atoms with Crippen LogP contribution in [0.15, 0.2) is 44.3 Å². The van der Waals surface area contributed by atoms with Crippen molar-refractivity contribution in [3.05, 3.63) is 59.4 Å². The molecule has 0 spiro atoms. The van der Waals surface area contributed by atoms with Gasteiger partial charge in [-0.25, -0.2) is 13.4 Å². The summed E-state index contributed by atoms with van der Waals surface area (Å²) in [6, 6.07) is 6.06. The Morgan fingerprint density at radius 1 is 1.06 bits per heavy atom. The lowest BCUT2D eigenvalue weighted by Crippen LogP contribution is -2.38. The van der Waals surface area contributed by atoms with Gasteiger partial charge in [-0.3, -0.25) is 4.79 Å². The van der Waals surface area contributed by atoms with Crippen LogP contribution in [0, 0.1) is 0 Å². The van der Waals surface area contributed by atoms with E-state index in [0.717, 1.165) is 24.5 Å². The topological polar surface area (TPSA) is 119 Å². The Morgan fingerprint density at radius 3 is 2.41 bits per heavy atom. The predicted octanol–water partition coefficient (Wildman–Crippen LogP) is 3.30. The van der Waals surface area contributed by atoms with Gasteiger partial charge in [-0.15, -0.1) is 0 Å². The Balaban J connectivity index is 1.20. The minimum Gasteiger partial charge on any atom is -0.445 e. The minimum absolute atomic E-state index is 0.0135. The van der Waals surface area contributed by atoms with E-state index in [1.807, 2.05) is 0 Å². The molecule has 2 fully saturated rings. The lowest BCUT2D eigenvalue weighted by Gasteiger charge is -2.29. The number of sulfonamides is 1. The van der Waals surface area contributed by atoms with Gasteiger partial charge in [0.15, 0.2) is 17.5 Å². The third-order valence-corrected chi connectivity index (χ3v) is 7.93. The number of hydrogen-bond donors (Lipinski definition) is 0. The monoisotopic (exact) mass is 456 g/mol. The van der Waals surface area contributed by atoms with Crippen molar-refractivity contribution in [1.29, 1.82) is 0 Å². The summed E-state index contributed by atoms with van der Waals surface area (Å²) in [6.45, 7) is 2.19. The van der Waals surface area contributed by atoms with Crippen LogP contribution in [-0.4, -0.2) is 46.7 Å². The van der Waals surface area contributed by atoms with Gasteiger partial charge in [-0.2, -0.15) is 9.29 Å². The van der Waals surface area contributed by atoms with Gasteiger partial charge in [0.2, 0.25) is 15.9 Å². The second-order valence-corrected chi connectivity index (χ2v) is 10.4. The molecule has 9 nitrogen and oxygen atoms in total. The summed E-state index contributed by atoms with van der Waals surface area (Å²) in [6.07, 6.45) is 5.60. The van der Waals surface area contributed by atoms with Gasteiger partial charge in [-0.05, 0) is 44.7 Å². The van der Waals surface area contributed by atoms with E-state index in [1.54, 1.807) is 18.3 Å². The number of hydrogen-bond acceptors (Lipinski definition) is 8. The van der Waals surface area contributed by atoms with Crippen LogP contribution < -0.4 is 0 Å². The molecule has 5 rings (SSSR count). The minimum atomic E-state index is -3.61. The molecule has 3 heterocycles. The largest absolute Gasteiger partial charge is 0.445 e. The molecule has 0 radical (unpaired) electrons. The number of ketones is 1. The molecular formula is C22H24N4O5S. The maximum atomic E-state index is 12.9. The van der Waals surface area contributed by atoms with Crippen LogP contribution in [0.5, 0.6) is 0 Å². The molecule has 2 aromatic heterocycles. The number of nitrogens with zero attached hydrogens (tertiary/aromatic N) is 4. The van der Waals surface area contributed by atoms with Crippen LogP contribution in [0.3, 0.4) is 0 Å². The summed E-state index contributed by atoms with van der Waals surface area (Å²) in [5.74, 6) is 2.95. The Hall–Kier alpha value is -2.85. The molecular weight excluding hydrogens is 432 g/mol. The Morgan fingerprint density at radius 2 is 1.75 bits per heavy atom. The Labute approximate surface area is 185 Å². The molecule has 1 aliphatic carbocycles. The van der Waals surface area contributed by atoms with Crippen LogP contribution in [0.1, 0.15) is 78.2 Å². The molecule has 0 unspecified atom stereocenters. The molecule has 32 heavy (non-hydrogen) atoms. The normalized spacial score (nSPS) is 18.2. The van der Waals surface area contributed by atoms with E-state index in [1.165, 1.54) is 23.4 Å². The van der Waals surface area contributed by atoms with E-state index in [2.05, 4.69) is 15.1 Å². The number of benzene rings is 1. The van der Waals surface area contributed by atoms with Gasteiger partial charge < -0.3 is 8.94 Å². The molecule has 0 bridgehead atoms. The zero-order valence-corrected chi connectivity index (χ0v) is 18.5. The number of carbonyl (C=O) groups excluding carboxylic acids is 1. The quantitative estimate of drug-likeness (QED) is 0.497. The van der Waals surface area contributed by atoms with E-state index in [4.69, 9.17) is 8.94 Å². The summed E-state index contributed by atoms with van der Waals surface area (Å²) in [7, 11) is -3.61. The fraction of sp³-hybridized carbons (Fsp3) is 0.455. The van der Waals surface area contributed by atoms with Crippen molar-refractivity contribution in [1.82, 2.24) is 19.4 Å².